The zero-order valence-corrected chi connectivity index (χ0v) is 15.8. The Bertz CT molecular complexity index is 907. The Morgan fingerprint density at radius 2 is 1.92 bits per heavy atom. The highest BCUT2D eigenvalue weighted by Gasteiger charge is 2.21. The second kappa shape index (κ2) is 7.48. The number of allylic oxidation sites excluding steroid dienone is 2. The average Bonchev–Trinajstić information content (AvgIpc) is 2.69. The number of hydrogen-bond acceptors (Lipinski definition) is 5. The molecule has 0 aliphatic carbocycles. The number of ether oxygens (including phenoxy) is 2. The number of nitrogens with zero attached hydrogens (tertiary/aromatic N) is 2. The second-order valence-electron chi connectivity index (χ2n) is 5.79. The van der Waals surface area contributed by atoms with Crippen molar-refractivity contribution in [2.75, 3.05) is 19.4 Å². The lowest BCUT2D eigenvalue weighted by Gasteiger charge is -2.29. The van der Waals surface area contributed by atoms with Crippen molar-refractivity contribution in [1.82, 2.24) is 4.90 Å². The molecule has 0 fully saturated rings. The lowest BCUT2D eigenvalue weighted by molar-refractivity contribution is 0.409. The molecule has 0 unspecified atom stereocenters. The van der Waals surface area contributed by atoms with Gasteiger partial charge >= 0.3 is 0 Å². The number of fused-ring (bicyclic) bond motifs is 1. The lowest BCUT2D eigenvalue weighted by Crippen LogP contribution is -2.32. The summed E-state index contributed by atoms with van der Waals surface area (Å²) < 4.78 is 15.7. The minimum Gasteiger partial charge on any atom is -0.495 e. The standard InChI is InChI=1S/C20H17ClN2O2S/c1-24-19-13-16(8-9-18(19)21)25-15-6-4-14(5-7-15)17-3-2-10-23-11-12-26-22-20(17)23/h2-10,13H,11-12H2,1H3. The summed E-state index contributed by atoms with van der Waals surface area (Å²) in [6, 6.07) is 13.4. The van der Waals surface area contributed by atoms with Gasteiger partial charge in [0.2, 0.25) is 0 Å². The Morgan fingerprint density at radius 1 is 1.12 bits per heavy atom. The zero-order chi connectivity index (χ0) is 17.9. The normalized spacial score (nSPS) is 15.8. The predicted octanol–water partition coefficient (Wildman–Crippen LogP) is 5.41. The molecule has 0 N–H and O–H groups in total. The van der Waals surface area contributed by atoms with Gasteiger partial charge in [-0.3, -0.25) is 0 Å². The van der Waals surface area contributed by atoms with Gasteiger partial charge in [-0.05, 0) is 53.9 Å². The van der Waals surface area contributed by atoms with Gasteiger partial charge in [0.25, 0.3) is 0 Å². The number of amidine groups is 1. The molecule has 2 aliphatic heterocycles. The molecule has 6 heteroatoms. The summed E-state index contributed by atoms with van der Waals surface area (Å²) in [7, 11) is 1.59. The Kier molecular flexibility index (Phi) is 4.91. The molecule has 0 saturated carbocycles. The van der Waals surface area contributed by atoms with E-state index < -0.39 is 0 Å². The molecule has 0 spiro atoms. The molecule has 2 aromatic rings. The van der Waals surface area contributed by atoms with Crippen LogP contribution in [0.15, 0.2) is 65.2 Å². The van der Waals surface area contributed by atoms with Crippen LogP contribution < -0.4 is 9.47 Å². The van der Waals surface area contributed by atoms with Crippen LogP contribution in [-0.2, 0) is 0 Å². The third-order valence-corrected chi connectivity index (χ3v) is 5.12. The highest BCUT2D eigenvalue weighted by molar-refractivity contribution is 7.98. The van der Waals surface area contributed by atoms with Gasteiger partial charge in [-0.2, -0.15) is 4.40 Å². The van der Waals surface area contributed by atoms with Crippen LogP contribution in [0.4, 0.5) is 0 Å². The van der Waals surface area contributed by atoms with Crippen molar-refractivity contribution in [2.45, 2.75) is 0 Å². The molecule has 0 amide bonds. The van der Waals surface area contributed by atoms with Gasteiger partial charge in [0.05, 0.1) is 12.1 Å². The van der Waals surface area contributed by atoms with Gasteiger partial charge in [0, 0.05) is 30.1 Å². The molecule has 0 saturated heterocycles. The first-order valence-corrected chi connectivity index (χ1v) is 9.54. The molecule has 4 rings (SSSR count). The topological polar surface area (TPSA) is 34.1 Å². The number of halogens is 1. The fraction of sp³-hybridized carbons (Fsp3) is 0.150. The van der Waals surface area contributed by atoms with Gasteiger partial charge in [-0.15, -0.1) is 0 Å². The fourth-order valence-electron chi connectivity index (χ4n) is 2.84. The van der Waals surface area contributed by atoms with Gasteiger partial charge < -0.3 is 14.4 Å². The summed E-state index contributed by atoms with van der Waals surface area (Å²) >= 11 is 7.67. The maximum absolute atomic E-state index is 6.05. The Balaban J connectivity index is 1.55. The van der Waals surface area contributed by atoms with E-state index in [-0.39, 0.29) is 0 Å². The van der Waals surface area contributed by atoms with Gasteiger partial charge in [-0.1, -0.05) is 23.7 Å². The quantitative estimate of drug-likeness (QED) is 0.659. The first-order valence-electron chi connectivity index (χ1n) is 8.22. The summed E-state index contributed by atoms with van der Waals surface area (Å²) in [5.41, 5.74) is 2.24. The van der Waals surface area contributed by atoms with E-state index in [2.05, 4.69) is 27.6 Å². The monoisotopic (exact) mass is 384 g/mol. The van der Waals surface area contributed by atoms with Crippen molar-refractivity contribution < 1.29 is 9.47 Å². The van der Waals surface area contributed by atoms with E-state index in [0.717, 1.165) is 35.0 Å². The molecule has 4 nitrogen and oxygen atoms in total. The van der Waals surface area contributed by atoms with Crippen LogP contribution in [0.25, 0.3) is 5.57 Å². The van der Waals surface area contributed by atoms with E-state index in [4.69, 9.17) is 21.1 Å². The largest absolute Gasteiger partial charge is 0.495 e. The average molecular weight is 385 g/mol. The van der Waals surface area contributed by atoms with Crippen LogP contribution >= 0.6 is 23.5 Å². The number of benzene rings is 2. The first-order chi connectivity index (χ1) is 12.7. The molecule has 0 atom stereocenters. The summed E-state index contributed by atoms with van der Waals surface area (Å²) in [5, 5.41) is 0.558. The highest BCUT2D eigenvalue weighted by atomic mass is 35.5. The number of methoxy groups -OCH3 is 1. The van der Waals surface area contributed by atoms with Gasteiger partial charge in [0.1, 0.15) is 23.1 Å². The van der Waals surface area contributed by atoms with Crippen LogP contribution in [0.1, 0.15) is 5.56 Å². The minimum atomic E-state index is 0.558. The molecule has 0 aromatic heterocycles. The van der Waals surface area contributed by atoms with Crippen molar-refractivity contribution in [3.63, 3.8) is 0 Å². The van der Waals surface area contributed by atoms with Gasteiger partial charge in [-0.25, -0.2) is 0 Å². The van der Waals surface area contributed by atoms with Crippen molar-refractivity contribution in [3.8, 4) is 17.2 Å². The van der Waals surface area contributed by atoms with E-state index in [1.54, 1.807) is 31.2 Å². The molecule has 132 valence electrons. The Labute approximate surface area is 161 Å². The summed E-state index contributed by atoms with van der Waals surface area (Å²) in [6.07, 6.45) is 6.24. The van der Waals surface area contributed by atoms with Crippen LogP contribution in [0, 0.1) is 0 Å². The second-order valence-corrected chi connectivity index (χ2v) is 7.04. The van der Waals surface area contributed by atoms with E-state index in [1.165, 1.54) is 0 Å². The third-order valence-electron chi connectivity index (χ3n) is 4.14. The first kappa shape index (κ1) is 17.1. The van der Waals surface area contributed by atoms with Crippen LogP contribution in [0.2, 0.25) is 5.02 Å². The van der Waals surface area contributed by atoms with Gasteiger partial charge in [0.15, 0.2) is 0 Å². The molecule has 2 aromatic carbocycles. The Morgan fingerprint density at radius 3 is 2.73 bits per heavy atom. The summed E-state index contributed by atoms with van der Waals surface area (Å²) in [6.45, 7) is 0.983. The van der Waals surface area contributed by atoms with Crippen molar-refractivity contribution in [1.29, 1.82) is 0 Å². The molecular formula is C20H17ClN2O2S. The van der Waals surface area contributed by atoms with Crippen LogP contribution in [-0.4, -0.2) is 30.1 Å². The van der Waals surface area contributed by atoms with E-state index in [1.807, 2.05) is 30.3 Å². The lowest BCUT2D eigenvalue weighted by atomic mass is 10.0. The zero-order valence-electron chi connectivity index (χ0n) is 14.2. The van der Waals surface area contributed by atoms with Crippen LogP contribution in [0.3, 0.4) is 0 Å². The van der Waals surface area contributed by atoms with E-state index in [0.29, 0.717) is 16.5 Å². The molecule has 26 heavy (non-hydrogen) atoms. The van der Waals surface area contributed by atoms with Crippen molar-refractivity contribution >= 4 is 35.0 Å². The molecule has 2 aliphatic rings. The highest BCUT2D eigenvalue weighted by Crippen LogP contribution is 2.32. The summed E-state index contributed by atoms with van der Waals surface area (Å²) in [5.74, 6) is 4.05. The summed E-state index contributed by atoms with van der Waals surface area (Å²) in [4.78, 5) is 2.19. The van der Waals surface area contributed by atoms with E-state index >= 15 is 0 Å². The Hall–Kier alpha value is -2.37. The number of hydrogen-bond donors (Lipinski definition) is 0. The van der Waals surface area contributed by atoms with Crippen molar-refractivity contribution in [3.05, 3.63) is 71.4 Å². The molecular weight excluding hydrogens is 368 g/mol. The van der Waals surface area contributed by atoms with E-state index in [9.17, 15) is 0 Å². The van der Waals surface area contributed by atoms with Crippen LogP contribution in [0.5, 0.6) is 17.2 Å². The fourth-order valence-corrected chi connectivity index (χ4v) is 3.73. The maximum atomic E-state index is 6.05. The molecule has 0 bridgehead atoms. The third kappa shape index (κ3) is 3.45. The van der Waals surface area contributed by atoms with Crippen molar-refractivity contribution in [2.24, 2.45) is 4.40 Å². The molecule has 2 heterocycles. The predicted molar refractivity (Wildman–Crippen MR) is 108 cm³/mol. The maximum Gasteiger partial charge on any atom is 0.148 e. The SMILES string of the molecule is COc1cc(Oc2ccc(C3=CC=CN4CCSN=C34)cc2)ccc1Cl. The minimum absolute atomic E-state index is 0.558. The molecule has 0 radical (unpaired) electrons. The number of rotatable bonds is 4. The smallest absolute Gasteiger partial charge is 0.148 e.